The van der Waals surface area contributed by atoms with Crippen molar-refractivity contribution in [3.8, 4) is 0 Å². The van der Waals surface area contributed by atoms with E-state index < -0.39 is 0 Å². The zero-order valence-corrected chi connectivity index (χ0v) is 19.5. The van der Waals surface area contributed by atoms with Crippen LogP contribution >= 0.6 is 0 Å². The molecule has 3 heteroatoms. The van der Waals surface area contributed by atoms with Crippen LogP contribution in [0.25, 0.3) is 0 Å². The third kappa shape index (κ3) is 4.64. The molecule has 0 spiro atoms. The van der Waals surface area contributed by atoms with Gasteiger partial charge < -0.3 is 9.84 Å². The number of allylic oxidation sites excluding steroid dienone is 3. The van der Waals surface area contributed by atoms with Crippen LogP contribution in [-0.2, 0) is 4.74 Å². The Balaban J connectivity index is 1.40. The minimum absolute atomic E-state index is 0.332. The van der Waals surface area contributed by atoms with Gasteiger partial charge in [0.15, 0.2) is 0 Å². The van der Waals surface area contributed by atoms with Gasteiger partial charge in [0.2, 0.25) is 0 Å². The minimum Gasteiger partial charge on any atom is -0.388 e. The molecule has 1 aliphatic heterocycles. The van der Waals surface area contributed by atoms with E-state index in [4.69, 9.17) is 4.74 Å². The summed E-state index contributed by atoms with van der Waals surface area (Å²) in [5.74, 6) is 1.61. The maximum atomic E-state index is 10.1. The van der Waals surface area contributed by atoms with Gasteiger partial charge in [0.1, 0.15) is 0 Å². The first-order chi connectivity index (χ1) is 14.4. The van der Waals surface area contributed by atoms with E-state index in [1.807, 2.05) is 0 Å². The average molecular weight is 414 g/mol. The Labute approximate surface area is 184 Å². The summed E-state index contributed by atoms with van der Waals surface area (Å²) in [6.45, 7) is 14.3. The highest BCUT2D eigenvalue weighted by molar-refractivity contribution is 5.27. The molecule has 1 heterocycles. The summed E-state index contributed by atoms with van der Waals surface area (Å²) < 4.78 is 5.83. The molecule has 3 unspecified atom stereocenters. The Morgan fingerprint density at radius 2 is 2.03 bits per heavy atom. The van der Waals surface area contributed by atoms with Gasteiger partial charge in [0.25, 0.3) is 0 Å². The highest BCUT2D eigenvalue weighted by atomic mass is 16.5. The predicted molar refractivity (Wildman–Crippen MR) is 124 cm³/mol. The van der Waals surface area contributed by atoms with Crippen molar-refractivity contribution < 1.29 is 9.84 Å². The lowest BCUT2D eigenvalue weighted by molar-refractivity contribution is -0.0525. The number of hydrogen-bond donors (Lipinski definition) is 1. The van der Waals surface area contributed by atoms with Crippen LogP contribution in [0, 0.1) is 17.3 Å². The summed E-state index contributed by atoms with van der Waals surface area (Å²) in [5, 5.41) is 10.1. The van der Waals surface area contributed by atoms with E-state index in [0.717, 1.165) is 49.8 Å². The summed E-state index contributed by atoms with van der Waals surface area (Å²) >= 11 is 0. The zero-order valence-electron chi connectivity index (χ0n) is 19.5. The lowest BCUT2D eigenvalue weighted by Gasteiger charge is -2.44. The summed E-state index contributed by atoms with van der Waals surface area (Å²) in [4.78, 5) is 2.66. The van der Waals surface area contributed by atoms with Crippen LogP contribution in [-0.4, -0.2) is 48.0 Å². The summed E-state index contributed by atoms with van der Waals surface area (Å²) in [6.07, 6.45) is 15.7. The lowest BCUT2D eigenvalue weighted by atomic mass is 9.63. The normalized spacial score (nSPS) is 43.3. The third-order valence-electron chi connectivity index (χ3n) is 8.89. The van der Waals surface area contributed by atoms with Crippen molar-refractivity contribution in [2.45, 2.75) is 96.8 Å². The molecule has 0 radical (unpaired) electrons. The fraction of sp³-hybridized carbons (Fsp3) is 0.778. The molecule has 6 atom stereocenters. The minimum atomic E-state index is -0.332. The monoisotopic (exact) mass is 413 g/mol. The van der Waals surface area contributed by atoms with Crippen LogP contribution in [0.4, 0.5) is 0 Å². The third-order valence-corrected chi connectivity index (χ3v) is 8.89. The molecule has 4 rings (SSSR count). The topological polar surface area (TPSA) is 32.7 Å². The number of nitrogens with zero attached hydrogens (tertiary/aromatic N) is 1. The number of morpholine rings is 1. The Morgan fingerprint density at radius 1 is 1.20 bits per heavy atom. The van der Waals surface area contributed by atoms with E-state index in [1.165, 1.54) is 50.6 Å². The lowest BCUT2D eigenvalue weighted by Crippen LogP contribution is -2.48. The van der Waals surface area contributed by atoms with Gasteiger partial charge in [-0.05, 0) is 101 Å². The average Bonchev–Trinajstić information content (AvgIpc) is 3.06. The largest absolute Gasteiger partial charge is 0.388 e. The molecule has 168 valence electrons. The Bertz CT molecular complexity index is 695. The molecular weight excluding hydrogens is 370 g/mol. The van der Waals surface area contributed by atoms with Gasteiger partial charge in [-0.1, -0.05) is 36.8 Å². The van der Waals surface area contributed by atoms with Gasteiger partial charge in [-0.2, -0.15) is 0 Å². The molecule has 0 amide bonds. The van der Waals surface area contributed by atoms with Crippen LogP contribution in [0.2, 0.25) is 0 Å². The summed E-state index contributed by atoms with van der Waals surface area (Å²) in [5.41, 5.74) is 4.57. The number of aliphatic hydroxyl groups is 1. The van der Waals surface area contributed by atoms with Crippen molar-refractivity contribution in [2.24, 2.45) is 17.3 Å². The van der Waals surface area contributed by atoms with Crippen molar-refractivity contribution in [1.29, 1.82) is 0 Å². The first kappa shape index (κ1) is 22.3. The predicted octanol–water partition coefficient (Wildman–Crippen LogP) is 5.66. The highest BCUT2D eigenvalue weighted by Crippen LogP contribution is 2.58. The van der Waals surface area contributed by atoms with Gasteiger partial charge in [0.05, 0.1) is 18.8 Å². The Hall–Kier alpha value is -0.900. The fourth-order valence-electron chi connectivity index (χ4n) is 6.78. The maximum Gasteiger partial charge on any atom is 0.0784 e. The molecule has 3 aliphatic carbocycles. The van der Waals surface area contributed by atoms with Crippen molar-refractivity contribution in [3.63, 3.8) is 0 Å². The van der Waals surface area contributed by atoms with Gasteiger partial charge in [-0.25, -0.2) is 0 Å². The van der Waals surface area contributed by atoms with Gasteiger partial charge >= 0.3 is 0 Å². The molecule has 30 heavy (non-hydrogen) atoms. The zero-order chi connectivity index (χ0) is 21.3. The summed E-state index contributed by atoms with van der Waals surface area (Å²) in [6, 6.07) is 0.557. The van der Waals surface area contributed by atoms with E-state index in [0.29, 0.717) is 17.6 Å². The molecule has 4 fully saturated rings. The number of fused-ring (bicyclic) bond motifs is 1. The second-order valence-electron chi connectivity index (χ2n) is 10.9. The molecular formula is C27H43NO2. The van der Waals surface area contributed by atoms with Gasteiger partial charge in [-0.15, -0.1) is 0 Å². The first-order valence-electron chi connectivity index (χ1n) is 12.5. The second-order valence-corrected chi connectivity index (χ2v) is 10.9. The molecule has 3 saturated carbocycles. The van der Waals surface area contributed by atoms with Crippen LogP contribution in [0.15, 0.2) is 35.5 Å². The van der Waals surface area contributed by atoms with Crippen molar-refractivity contribution in [1.82, 2.24) is 4.90 Å². The number of rotatable bonds is 4. The van der Waals surface area contributed by atoms with Crippen LogP contribution in [0.1, 0.15) is 78.6 Å². The quantitative estimate of drug-likeness (QED) is 0.604. The molecule has 1 saturated heterocycles. The van der Waals surface area contributed by atoms with Crippen molar-refractivity contribution in [2.75, 3.05) is 19.7 Å². The van der Waals surface area contributed by atoms with Crippen LogP contribution in [0.3, 0.4) is 0 Å². The number of hydrogen-bond acceptors (Lipinski definition) is 3. The number of ether oxygens (including phenoxy) is 1. The molecule has 3 nitrogen and oxygen atoms in total. The van der Waals surface area contributed by atoms with Gasteiger partial charge in [-0.3, -0.25) is 4.90 Å². The second kappa shape index (κ2) is 9.30. The van der Waals surface area contributed by atoms with E-state index in [2.05, 4.69) is 44.4 Å². The van der Waals surface area contributed by atoms with E-state index in [-0.39, 0.29) is 6.10 Å². The molecule has 0 aromatic heterocycles. The maximum absolute atomic E-state index is 10.1. The Morgan fingerprint density at radius 3 is 2.83 bits per heavy atom. The number of aliphatic hydroxyl groups excluding tert-OH is 1. The van der Waals surface area contributed by atoms with E-state index in [9.17, 15) is 5.11 Å². The van der Waals surface area contributed by atoms with E-state index in [1.54, 1.807) is 5.57 Å². The van der Waals surface area contributed by atoms with Gasteiger partial charge in [0, 0.05) is 12.6 Å². The smallest absolute Gasteiger partial charge is 0.0784 e. The van der Waals surface area contributed by atoms with Crippen LogP contribution < -0.4 is 0 Å². The molecule has 1 N–H and O–H groups in total. The fourth-order valence-corrected chi connectivity index (χ4v) is 6.78. The van der Waals surface area contributed by atoms with Crippen molar-refractivity contribution >= 4 is 0 Å². The molecule has 0 bridgehead atoms. The standard InChI is InChI=1S/C27H43NO2/c1-19-7-8-22(16-26(19)29)9-10-23-6-5-14-27(4)24(11-12-25(23)27)13-15-28-17-21(3)30-18-20(28)2/h9-10,20-21,24-26,29H,1,5-8,11-18H2,2-4H3/b22-9-,23-10+/t20-,21-,24-,25?,26?,27?/m1/s1. The summed E-state index contributed by atoms with van der Waals surface area (Å²) in [7, 11) is 0. The Kier molecular flexibility index (Phi) is 6.91. The van der Waals surface area contributed by atoms with E-state index >= 15 is 0 Å². The molecule has 0 aromatic rings. The van der Waals surface area contributed by atoms with Crippen LogP contribution in [0.5, 0.6) is 0 Å². The molecule has 0 aromatic carbocycles. The van der Waals surface area contributed by atoms with Crippen molar-refractivity contribution in [3.05, 3.63) is 35.5 Å². The highest BCUT2D eigenvalue weighted by Gasteiger charge is 2.48. The molecule has 4 aliphatic rings. The first-order valence-corrected chi connectivity index (χ1v) is 12.5. The SMILES string of the molecule is C=C1CC/C(=C/C=C2\CCCC3(C)C2CC[C@@H]3CCN2C[C@@H](C)OC[C@H]2C)CC1O.